The lowest BCUT2D eigenvalue weighted by Gasteiger charge is -2.38. The Hall–Kier alpha value is -1.02. The van der Waals surface area contributed by atoms with Crippen LogP contribution in [0.4, 0.5) is 0 Å². The van der Waals surface area contributed by atoms with Crippen molar-refractivity contribution in [2.75, 3.05) is 20.3 Å². The van der Waals surface area contributed by atoms with Gasteiger partial charge in [0.15, 0.2) is 0 Å². The van der Waals surface area contributed by atoms with Gasteiger partial charge in [0.2, 0.25) is 0 Å². The molecule has 30 heavy (non-hydrogen) atoms. The van der Waals surface area contributed by atoms with E-state index in [2.05, 4.69) is 31.2 Å². The van der Waals surface area contributed by atoms with Crippen LogP contribution in [0.25, 0.3) is 0 Å². The van der Waals surface area contributed by atoms with Crippen LogP contribution in [0.1, 0.15) is 108 Å². The molecular formula is C28H46O2. The van der Waals surface area contributed by atoms with Gasteiger partial charge in [0.25, 0.3) is 0 Å². The first kappa shape index (κ1) is 23.6. The van der Waals surface area contributed by atoms with Gasteiger partial charge in [0.05, 0.1) is 6.61 Å². The first-order chi connectivity index (χ1) is 14.8. The van der Waals surface area contributed by atoms with Crippen molar-refractivity contribution in [3.05, 3.63) is 29.8 Å². The monoisotopic (exact) mass is 414 g/mol. The van der Waals surface area contributed by atoms with Crippen LogP contribution >= 0.6 is 0 Å². The van der Waals surface area contributed by atoms with Crippen LogP contribution in [0.15, 0.2) is 24.3 Å². The van der Waals surface area contributed by atoms with Gasteiger partial charge >= 0.3 is 0 Å². The fraction of sp³-hybridized carbons (Fsp3) is 0.786. The summed E-state index contributed by atoms with van der Waals surface area (Å²) in [6.45, 7) is 4.06. The van der Waals surface area contributed by atoms with Crippen molar-refractivity contribution in [2.24, 2.45) is 17.8 Å². The molecule has 0 aliphatic heterocycles. The molecule has 2 aliphatic rings. The molecule has 0 aromatic heterocycles. The molecule has 2 heteroatoms. The molecular weight excluding hydrogens is 368 g/mol. The second-order valence-electron chi connectivity index (χ2n) is 10.0. The third-order valence-corrected chi connectivity index (χ3v) is 7.89. The van der Waals surface area contributed by atoms with Crippen molar-refractivity contribution in [2.45, 2.75) is 103 Å². The summed E-state index contributed by atoms with van der Waals surface area (Å²) in [5, 5.41) is 0. The van der Waals surface area contributed by atoms with Gasteiger partial charge in [-0.05, 0) is 99.2 Å². The number of hydrogen-bond acceptors (Lipinski definition) is 2. The first-order valence-electron chi connectivity index (χ1n) is 13.0. The molecule has 2 aliphatic carbocycles. The summed E-state index contributed by atoms with van der Waals surface area (Å²) < 4.78 is 11.0. The van der Waals surface area contributed by atoms with Gasteiger partial charge in [0.1, 0.15) is 5.75 Å². The van der Waals surface area contributed by atoms with Gasteiger partial charge in [0, 0.05) is 13.7 Å². The van der Waals surface area contributed by atoms with E-state index in [0.717, 1.165) is 55.5 Å². The summed E-state index contributed by atoms with van der Waals surface area (Å²) in [7, 11) is 1.78. The van der Waals surface area contributed by atoms with Gasteiger partial charge in [-0.15, -0.1) is 0 Å². The minimum atomic E-state index is 0.771. The Balaban J connectivity index is 1.33. The van der Waals surface area contributed by atoms with E-state index in [4.69, 9.17) is 9.47 Å². The average Bonchev–Trinajstić information content (AvgIpc) is 2.80. The van der Waals surface area contributed by atoms with Crippen molar-refractivity contribution >= 4 is 0 Å². The highest BCUT2D eigenvalue weighted by Crippen LogP contribution is 2.44. The maximum Gasteiger partial charge on any atom is 0.119 e. The lowest BCUT2D eigenvalue weighted by Crippen LogP contribution is -2.25. The molecule has 2 nitrogen and oxygen atoms in total. The first-order valence-corrected chi connectivity index (χ1v) is 13.0. The second-order valence-corrected chi connectivity index (χ2v) is 10.0. The predicted molar refractivity (Wildman–Crippen MR) is 127 cm³/mol. The third-order valence-electron chi connectivity index (χ3n) is 7.89. The largest absolute Gasteiger partial charge is 0.494 e. The van der Waals surface area contributed by atoms with Gasteiger partial charge in [-0.25, -0.2) is 0 Å². The summed E-state index contributed by atoms with van der Waals surface area (Å²) in [4.78, 5) is 0. The quantitative estimate of drug-likeness (QED) is 0.321. The smallest absolute Gasteiger partial charge is 0.119 e. The van der Waals surface area contributed by atoms with Crippen molar-refractivity contribution < 1.29 is 9.47 Å². The molecule has 3 rings (SSSR count). The van der Waals surface area contributed by atoms with Crippen LogP contribution in [-0.2, 0) is 4.74 Å². The molecule has 0 heterocycles. The van der Waals surface area contributed by atoms with E-state index in [1.54, 1.807) is 7.11 Å². The Bertz CT molecular complexity index is 551. The minimum absolute atomic E-state index is 0.771. The van der Waals surface area contributed by atoms with E-state index in [-0.39, 0.29) is 0 Å². The van der Waals surface area contributed by atoms with Crippen LogP contribution in [0.3, 0.4) is 0 Å². The fourth-order valence-electron chi connectivity index (χ4n) is 6.01. The Morgan fingerprint density at radius 3 is 1.93 bits per heavy atom. The van der Waals surface area contributed by atoms with Crippen LogP contribution in [0.5, 0.6) is 5.75 Å². The fourth-order valence-corrected chi connectivity index (χ4v) is 6.01. The zero-order valence-electron chi connectivity index (χ0n) is 19.7. The topological polar surface area (TPSA) is 18.5 Å². The molecule has 0 bridgehead atoms. The second kappa shape index (κ2) is 13.4. The van der Waals surface area contributed by atoms with Gasteiger partial charge in [-0.1, -0.05) is 51.2 Å². The Morgan fingerprint density at radius 2 is 1.33 bits per heavy atom. The maximum absolute atomic E-state index is 5.95. The summed E-state index contributed by atoms with van der Waals surface area (Å²) >= 11 is 0. The molecule has 1 aromatic carbocycles. The van der Waals surface area contributed by atoms with E-state index in [9.17, 15) is 0 Å². The van der Waals surface area contributed by atoms with Gasteiger partial charge < -0.3 is 9.47 Å². The summed E-state index contributed by atoms with van der Waals surface area (Å²) in [6.07, 6.45) is 19.3. The number of benzene rings is 1. The molecule has 0 spiro atoms. The number of unbranched alkanes of at least 4 members (excludes halogenated alkanes) is 3. The van der Waals surface area contributed by atoms with E-state index >= 15 is 0 Å². The summed E-state index contributed by atoms with van der Waals surface area (Å²) in [5.74, 6) is 4.89. The normalized spacial score (nSPS) is 27.1. The Kier molecular flexibility index (Phi) is 10.6. The Labute approximate surface area is 186 Å². The zero-order chi connectivity index (χ0) is 21.0. The molecule has 1 aromatic rings. The average molecular weight is 415 g/mol. The molecule has 0 atom stereocenters. The highest BCUT2D eigenvalue weighted by Gasteiger charge is 2.31. The van der Waals surface area contributed by atoms with Crippen molar-refractivity contribution in [1.29, 1.82) is 0 Å². The number of ether oxygens (including phenoxy) is 2. The van der Waals surface area contributed by atoms with Gasteiger partial charge in [-0.3, -0.25) is 0 Å². The highest BCUT2D eigenvalue weighted by atomic mass is 16.5. The SMILES string of the molecule is CCCC1CCC(C2CCC(c3ccc(OCCCCCCOC)cc3)CC2)CC1. The molecule has 170 valence electrons. The molecule has 0 N–H and O–H groups in total. The molecule has 0 radical (unpaired) electrons. The zero-order valence-corrected chi connectivity index (χ0v) is 19.7. The summed E-state index contributed by atoms with van der Waals surface area (Å²) in [6, 6.07) is 9.05. The number of rotatable bonds is 12. The van der Waals surface area contributed by atoms with E-state index in [1.807, 2.05) is 0 Å². The molecule has 2 fully saturated rings. The van der Waals surface area contributed by atoms with E-state index < -0.39 is 0 Å². The minimum Gasteiger partial charge on any atom is -0.494 e. The molecule has 0 saturated heterocycles. The lowest BCUT2D eigenvalue weighted by atomic mass is 9.68. The molecule has 0 unspecified atom stereocenters. The number of methoxy groups -OCH3 is 1. The van der Waals surface area contributed by atoms with Crippen LogP contribution < -0.4 is 4.74 Å². The maximum atomic E-state index is 5.95. The Morgan fingerprint density at radius 1 is 0.733 bits per heavy atom. The van der Waals surface area contributed by atoms with E-state index in [0.29, 0.717) is 0 Å². The number of hydrogen-bond donors (Lipinski definition) is 0. The van der Waals surface area contributed by atoms with Crippen LogP contribution in [0, 0.1) is 17.8 Å². The predicted octanol–water partition coefficient (Wildman–Crippen LogP) is 8.15. The summed E-state index contributed by atoms with van der Waals surface area (Å²) in [5.41, 5.74) is 1.53. The highest BCUT2D eigenvalue weighted by molar-refractivity contribution is 5.29. The third kappa shape index (κ3) is 7.59. The molecule has 2 saturated carbocycles. The van der Waals surface area contributed by atoms with Crippen molar-refractivity contribution in [1.82, 2.24) is 0 Å². The van der Waals surface area contributed by atoms with Crippen molar-refractivity contribution in [3.8, 4) is 5.75 Å². The lowest BCUT2D eigenvalue weighted by molar-refractivity contribution is 0.156. The molecule has 0 amide bonds. The van der Waals surface area contributed by atoms with E-state index in [1.165, 1.54) is 82.6 Å². The van der Waals surface area contributed by atoms with Gasteiger partial charge in [-0.2, -0.15) is 0 Å². The standard InChI is InChI=1S/C28H46O2/c1-3-8-23-9-11-24(12-10-23)25-13-15-26(16-14-25)27-17-19-28(20-18-27)30-22-7-5-4-6-21-29-2/h17-20,23-26H,3-16,21-22H2,1-2H3. The van der Waals surface area contributed by atoms with Crippen LogP contribution in [0.2, 0.25) is 0 Å². The van der Waals surface area contributed by atoms with Crippen molar-refractivity contribution in [3.63, 3.8) is 0 Å². The van der Waals surface area contributed by atoms with Crippen LogP contribution in [-0.4, -0.2) is 20.3 Å².